The highest BCUT2D eigenvalue weighted by Crippen LogP contribution is 2.12. The Bertz CT molecular complexity index is 477. The summed E-state index contributed by atoms with van der Waals surface area (Å²) < 4.78 is 12.7. The van der Waals surface area contributed by atoms with E-state index in [2.05, 4.69) is 24.4 Å². The van der Waals surface area contributed by atoms with Gasteiger partial charge in [-0.25, -0.2) is 4.39 Å². The zero-order valence-electron chi connectivity index (χ0n) is 9.91. The van der Waals surface area contributed by atoms with E-state index < -0.39 is 0 Å². The van der Waals surface area contributed by atoms with Crippen LogP contribution in [0.2, 0.25) is 0 Å². The Morgan fingerprint density at radius 3 is 2.47 bits per heavy atom. The van der Waals surface area contributed by atoms with E-state index >= 15 is 0 Å². The normalized spacial score (nSPS) is 10.2. The van der Waals surface area contributed by atoms with Crippen molar-refractivity contribution in [3.8, 4) is 0 Å². The summed E-state index contributed by atoms with van der Waals surface area (Å²) in [4.78, 5) is 0. The van der Waals surface area contributed by atoms with Gasteiger partial charge in [0.05, 0.1) is 0 Å². The fourth-order valence-corrected chi connectivity index (χ4v) is 1.71. The van der Waals surface area contributed by atoms with Gasteiger partial charge in [0, 0.05) is 12.2 Å². The molecule has 2 aromatic carbocycles. The molecule has 88 valence electrons. The molecule has 1 N–H and O–H groups in total. The minimum atomic E-state index is -0.193. The summed E-state index contributed by atoms with van der Waals surface area (Å²) in [6, 6.07) is 14.9. The highest BCUT2D eigenvalue weighted by Gasteiger charge is 1.96. The number of benzene rings is 2. The van der Waals surface area contributed by atoms with Crippen LogP contribution in [0.5, 0.6) is 0 Å². The zero-order valence-corrected chi connectivity index (χ0v) is 9.91. The van der Waals surface area contributed by atoms with Gasteiger partial charge in [-0.1, -0.05) is 31.2 Å². The van der Waals surface area contributed by atoms with E-state index in [1.807, 2.05) is 12.1 Å². The number of hydrogen-bond donors (Lipinski definition) is 1. The highest BCUT2D eigenvalue weighted by molar-refractivity contribution is 5.46. The molecule has 2 heteroatoms. The second-order valence-electron chi connectivity index (χ2n) is 4.03. The third kappa shape index (κ3) is 3.31. The van der Waals surface area contributed by atoms with E-state index in [1.54, 1.807) is 12.1 Å². The predicted octanol–water partition coefficient (Wildman–Crippen LogP) is 4.00. The van der Waals surface area contributed by atoms with Gasteiger partial charge >= 0.3 is 0 Å². The monoisotopic (exact) mass is 229 g/mol. The van der Waals surface area contributed by atoms with Crippen LogP contribution >= 0.6 is 0 Å². The molecule has 0 aliphatic heterocycles. The second kappa shape index (κ2) is 5.48. The van der Waals surface area contributed by atoms with Crippen molar-refractivity contribution in [2.45, 2.75) is 19.9 Å². The van der Waals surface area contributed by atoms with Gasteiger partial charge in [0.1, 0.15) is 5.82 Å². The van der Waals surface area contributed by atoms with Gasteiger partial charge < -0.3 is 5.32 Å². The van der Waals surface area contributed by atoms with Crippen LogP contribution in [-0.4, -0.2) is 0 Å². The summed E-state index contributed by atoms with van der Waals surface area (Å²) >= 11 is 0. The van der Waals surface area contributed by atoms with E-state index in [-0.39, 0.29) is 5.82 Å². The minimum absolute atomic E-state index is 0.193. The maximum atomic E-state index is 12.7. The Morgan fingerprint density at radius 1 is 1.00 bits per heavy atom. The molecule has 0 fully saturated rings. The molecular formula is C15H16FN. The summed E-state index contributed by atoms with van der Waals surface area (Å²) in [6.07, 6.45) is 1.03. The van der Waals surface area contributed by atoms with E-state index in [1.165, 1.54) is 17.7 Å². The van der Waals surface area contributed by atoms with Gasteiger partial charge in [-0.3, -0.25) is 0 Å². The summed E-state index contributed by atoms with van der Waals surface area (Å²) in [5.41, 5.74) is 3.50. The van der Waals surface area contributed by atoms with Crippen molar-refractivity contribution in [2.24, 2.45) is 0 Å². The van der Waals surface area contributed by atoms with Gasteiger partial charge in [0.15, 0.2) is 0 Å². The summed E-state index contributed by atoms with van der Waals surface area (Å²) in [5, 5.41) is 3.33. The standard InChI is InChI=1S/C15H16FN/c1-2-12-4-3-5-15(10-12)17-11-13-6-8-14(16)9-7-13/h3-10,17H,2,11H2,1H3. The molecule has 0 amide bonds. The molecule has 0 radical (unpaired) electrons. The first-order valence-electron chi connectivity index (χ1n) is 5.85. The van der Waals surface area contributed by atoms with Crippen LogP contribution < -0.4 is 5.32 Å². The van der Waals surface area contributed by atoms with E-state index in [0.29, 0.717) is 6.54 Å². The lowest BCUT2D eigenvalue weighted by molar-refractivity contribution is 0.627. The van der Waals surface area contributed by atoms with Gasteiger partial charge in [0.2, 0.25) is 0 Å². The zero-order chi connectivity index (χ0) is 12.1. The Morgan fingerprint density at radius 2 is 1.76 bits per heavy atom. The quantitative estimate of drug-likeness (QED) is 0.835. The topological polar surface area (TPSA) is 12.0 Å². The van der Waals surface area contributed by atoms with Gasteiger partial charge in [-0.2, -0.15) is 0 Å². The summed E-state index contributed by atoms with van der Waals surface area (Å²) in [6.45, 7) is 2.85. The smallest absolute Gasteiger partial charge is 0.123 e. The lowest BCUT2D eigenvalue weighted by Gasteiger charge is -2.07. The molecule has 0 saturated carbocycles. The molecular weight excluding hydrogens is 213 g/mol. The third-order valence-electron chi connectivity index (χ3n) is 2.75. The van der Waals surface area contributed by atoms with Crippen LogP contribution in [0.25, 0.3) is 0 Å². The average molecular weight is 229 g/mol. The molecule has 0 saturated heterocycles. The molecule has 0 spiro atoms. The molecule has 0 aliphatic carbocycles. The SMILES string of the molecule is CCc1cccc(NCc2ccc(F)cc2)c1. The number of aryl methyl sites for hydroxylation is 1. The Kier molecular flexibility index (Phi) is 3.76. The van der Waals surface area contributed by atoms with Crippen molar-refractivity contribution in [1.82, 2.24) is 0 Å². The highest BCUT2D eigenvalue weighted by atomic mass is 19.1. The van der Waals surface area contributed by atoms with Gasteiger partial charge in [-0.05, 0) is 41.8 Å². The maximum Gasteiger partial charge on any atom is 0.123 e. The minimum Gasteiger partial charge on any atom is -0.381 e. The molecule has 2 aromatic rings. The van der Waals surface area contributed by atoms with E-state index in [9.17, 15) is 4.39 Å². The van der Waals surface area contributed by atoms with Crippen molar-refractivity contribution < 1.29 is 4.39 Å². The number of rotatable bonds is 4. The number of anilines is 1. The Labute approximate surface area is 101 Å². The summed E-state index contributed by atoms with van der Waals surface area (Å²) in [5.74, 6) is -0.193. The third-order valence-corrected chi connectivity index (χ3v) is 2.75. The molecule has 0 aromatic heterocycles. The van der Waals surface area contributed by atoms with Gasteiger partial charge in [0.25, 0.3) is 0 Å². The van der Waals surface area contributed by atoms with Crippen LogP contribution in [0.15, 0.2) is 48.5 Å². The van der Waals surface area contributed by atoms with Crippen molar-refractivity contribution in [3.63, 3.8) is 0 Å². The maximum absolute atomic E-state index is 12.7. The second-order valence-corrected chi connectivity index (χ2v) is 4.03. The number of nitrogens with one attached hydrogen (secondary N) is 1. The van der Waals surface area contributed by atoms with Gasteiger partial charge in [-0.15, -0.1) is 0 Å². The fraction of sp³-hybridized carbons (Fsp3) is 0.200. The first kappa shape index (κ1) is 11.6. The number of hydrogen-bond acceptors (Lipinski definition) is 1. The molecule has 1 nitrogen and oxygen atoms in total. The first-order chi connectivity index (χ1) is 8.28. The Balaban J connectivity index is 1.99. The van der Waals surface area contributed by atoms with Crippen LogP contribution in [0.1, 0.15) is 18.1 Å². The molecule has 0 heterocycles. The van der Waals surface area contributed by atoms with Crippen molar-refractivity contribution in [3.05, 3.63) is 65.5 Å². The fourth-order valence-electron chi connectivity index (χ4n) is 1.71. The van der Waals surface area contributed by atoms with E-state index in [4.69, 9.17) is 0 Å². The van der Waals surface area contributed by atoms with E-state index in [0.717, 1.165) is 17.7 Å². The lowest BCUT2D eigenvalue weighted by Crippen LogP contribution is -1.99. The van der Waals surface area contributed by atoms with Crippen molar-refractivity contribution in [1.29, 1.82) is 0 Å². The van der Waals surface area contributed by atoms with Crippen LogP contribution in [0.4, 0.5) is 10.1 Å². The van der Waals surface area contributed by atoms with Crippen LogP contribution in [0.3, 0.4) is 0 Å². The molecule has 0 atom stereocenters. The largest absolute Gasteiger partial charge is 0.381 e. The molecule has 0 aliphatic rings. The Hall–Kier alpha value is -1.83. The summed E-state index contributed by atoms with van der Waals surface area (Å²) in [7, 11) is 0. The molecule has 2 rings (SSSR count). The number of halogens is 1. The molecule has 17 heavy (non-hydrogen) atoms. The van der Waals surface area contributed by atoms with Crippen molar-refractivity contribution >= 4 is 5.69 Å². The lowest BCUT2D eigenvalue weighted by atomic mass is 10.1. The van der Waals surface area contributed by atoms with Crippen LogP contribution in [-0.2, 0) is 13.0 Å². The molecule has 0 unspecified atom stereocenters. The average Bonchev–Trinajstić information content (AvgIpc) is 2.38. The molecule has 0 bridgehead atoms. The van der Waals surface area contributed by atoms with Crippen LogP contribution in [0, 0.1) is 5.82 Å². The van der Waals surface area contributed by atoms with Crippen molar-refractivity contribution in [2.75, 3.05) is 5.32 Å². The first-order valence-corrected chi connectivity index (χ1v) is 5.85. The predicted molar refractivity (Wildman–Crippen MR) is 69.5 cm³/mol.